The van der Waals surface area contributed by atoms with Crippen molar-refractivity contribution in [2.75, 3.05) is 22.5 Å². The molecule has 6 heteroatoms. The summed E-state index contributed by atoms with van der Waals surface area (Å²) in [7, 11) is 0. The molecule has 2 aromatic rings. The highest BCUT2D eigenvalue weighted by molar-refractivity contribution is 5.90. The van der Waals surface area contributed by atoms with E-state index in [-0.39, 0.29) is 5.91 Å². The van der Waals surface area contributed by atoms with Crippen molar-refractivity contribution in [3.63, 3.8) is 0 Å². The molecule has 1 saturated carbocycles. The van der Waals surface area contributed by atoms with Gasteiger partial charge in [0.25, 0.3) is 0 Å². The van der Waals surface area contributed by atoms with E-state index in [9.17, 15) is 4.79 Å². The smallest absolute Gasteiger partial charge is 0.224 e. The van der Waals surface area contributed by atoms with E-state index in [0.717, 1.165) is 41.8 Å². The summed E-state index contributed by atoms with van der Waals surface area (Å²) in [5.74, 6) is 2.20. The van der Waals surface area contributed by atoms with Crippen LogP contribution in [0.15, 0.2) is 30.3 Å². The standard InChI is InChI=1S/C21H29N5O/c1-3-22-21-23-15(2)14-19(26-21)24-17-9-11-18(12-10-17)25-20(27)13-8-16-6-4-5-7-16/h9-12,14,16H,3-8,13H2,1-2H3,(H,25,27)(H2,22,23,24,26). The third-order valence-corrected chi connectivity index (χ3v) is 4.88. The van der Waals surface area contributed by atoms with Gasteiger partial charge in [0.05, 0.1) is 0 Å². The van der Waals surface area contributed by atoms with E-state index < -0.39 is 0 Å². The number of carbonyl (C=O) groups excluding carboxylic acids is 1. The van der Waals surface area contributed by atoms with Crippen molar-refractivity contribution in [1.29, 1.82) is 0 Å². The van der Waals surface area contributed by atoms with Crippen LogP contribution in [0.4, 0.5) is 23.1 Å². The number of aromatic nitrogens is 2. The first-order valence-corrected chi connectivity index (χ1v) is 9.89. The molecule has 0 saturated heterocycles. The molecule has 0 radical (unpaired) electrons. The molecule has 1 aromatic heterocycles. The number of carbonyl (C=O) groups is 1. The summed E-state index contributed by atoms with van der Waals surface area (Å²) in [5, 5.41) is 9.40. The maximum atomic E-state index is 12.1. The number of amides is 1. The van der Waals surface area contributed by atoms with Crippen molar-refractivity contribution >= 4 is 29.0 Å². The van der Waals surface area contributed by atoms with E-state index in [4.69, 9.17) is 0 Å². The molecule has 1 aromatic carbocycles. The van der Waals surface area contributed by atoms with Crippen LogP contribution < -0.4 is 16.0 Å². The van der Waals surface area contributed by atoms with Gasteiger partial charge >= 0.3 is 0 Å². The predicted octanol–water partition coefficient (Wildman–Crippen LogP) is 4.87. The molecule has 1 aliphatic carbocycles. The topological polar surface area (TPSA) is 78.9 Å². The average Bonchev–Trinajstić information content (AvgIpc) is 3.15. The molecular formula is C21H29N5O. The van der Waals surface area contributed by atoms with Gasteiger partial charge < -0.3 is 16.0 Å². The van der Waals surface area contributed by atoms with Gasteiger partial charge in [-0.3, -0.25) is 4.79 Å². The minimum absolute atomic E-state index is 0.101. The molecule has 144 valence electrons. The van der Waals surface area contributed by atoms with Crippen LogP contribution in [-0.4, -0.2) is 22.4 Å². The molecular weight excluding hydrogens is 338 g/mol. The van der Waals surface area contributed by atoms with Gasteiger partial charge in [-0.1, -0.05) is 25.7 Å². The molecule has 1 fully saturated rings. The van der Waals surface area contributed by atoms with Crippen LogP contribution >= 0.6 is 0 Å². The third-order valence-electron chi connectivity index (χ3n) is 4.88. The lowest BCUT2D eigenvalue weighted by molar-refractivity contribution is -0.116. The van der Waals surface area contributed by atoms with Crippen LogP contribution in [0, 0.1) is 12.8 Å². The summed E-state index contributed by atoms with van der Waals surface area (Å²) in [6.07, 6.45) is 6.83. The first-order chi connectivity index (χ1) is 13.1. The Kier molecular flexibility index (Phi) is 6.63. The highest BCUT2D eigenvalue weighted by atomic mass is 16.1. The molecule has 0 bridgehead atoms. The fraction of sp³-hybridized carbons (Fsp3) is 0.476. The van der Waals surface area contributed by atoms with Gasteiger partial charge in [-0.2, -0.15) is 4.98 Å². The second-order valence-electron chi connectivity index (χ2n) is 7.19. The molecule has 3 rings (SSSR count). The highest BCUT2D eigenvalue weighted by Crippen LogP contribution is 2.28. The van der Waals surface area contributed by atoms with Crippen molar-refractivity contribution < 1.29 is 4.79 Å². The van der Waals surface area contributed by atoms with Crippen molar-refractivity contribution in [1.82, 2.24) is 9.97 Å². The zero-order valence-electron chi connectivity index (χ0n) is 16.2. The van der Waals surface area contributed by atoms with Crippen LogP contribution in [0.5, 0.6) is 0 Å². The van der Waals surface area contributed by atoms with Gasteiger partial charge in [-0.05, 0) is 50.5 Å². The van der Waals surface area contributed by atoms with Crippen LogP contribution in [-0.2, 0) is 4.79 Å². The highest BCUT2D eigenvalue weighted by Gasteiger charge is 2.16. The summed E-state index contributed by atoms with van der Waals surface area (Å²) >= 11 is 0. The quantitative estimate of drug-likeness (QED) is 0.620. The van der Waals surface area contributed by atoms with Crippen LogP contribution in [0.1, 0.15) is 51.1 Å². The molecule has 6 nitrogen and oxygen atoms in total. The number of nitrogens with one attached hydrogen (secondary N) is 3. The van der Waals surface area contributed by atoms with Crippen LogP contribution in [0.3, 0.4) is 0 Å². The van der Waals surface area contributed by atoms with E-state index in [0.29, 0.717) is 12.4 Å². The summed E-state index contributed by atoms with van der Waals surface area (Å²) in [5.41, 5.74) is 2.64. The Morgan fingerprint density at radius 2 is 1.81 bits per heavy atom. The normalized spacial score (nSPS) is 14.1. The van der Waals surface area contributed by atoms with Crippen molar-refractivity contribution in [2.24, 2.45) is 5.92 Å². The lowest BCUT2D eigenvalue weighted by Gasteiger charge is -2.11. The van der Waals surface area contributed by atoms with Gasteiger partial charge in [0.15, 0.2) is 0 Å². The Morgan fingerprint density at radius 3 is 2.52 bits per heavy atom. The zero-order chi connectivity index (χ0) is 19.1. The van der Waals surface area contributed by atoms with Gasteiger partial charge in [0.2, 0.25) is 11.9 Å². The molecule has 0 aliphatic heterocycles. The second-order valence-corrected chi connectivity index (χ2v) is 7.19. The second kappa shape index (κ2) is 9.35. The Bertz CT molecular complexity index is 754. The Balaban J connectivity index is 1.53. The Morgan fingerprint density at radius 1 is 1.11 bits per heavy atom. The van der Waals surface area contributed by atoms with E-state index in [2.05, 4.69) is 25.9 Å². The summed E-state index contributed by atoms with van der Waals surface area (Å²) in [6.45, 7) is 4.73. The Labute approximate surface area is 161 Å². The molecule has 0 atom stereocenters. The molecule has 1 amide bonds. The first-order valence-electron chi connectivity index (χ1n) is 9.89. The molecule has 0 unspecified atom stereocenters. The van der Waals surface area contributed by atoms with E-state index in [1.807, 2.05) is 44.2 Å². The summed E-state index contributed by atoms with van der Waals surface area (Å²) < 4.78 is 0. The zero-order valence-corrected chi connectivity index (χ0v) is 16.2. The molecule has 3 N–H and O–H groups in total. The maximum Gasteiger partial charge on any atom is 0.224 e. The monoisotopic (exact) mass is 367 g/mol. The van der Waals surface area contributed by atoms with Gasteiger partial charge in [-0.15, -0.1) is 0 Å². The molecule has 27 heavy (non-hydrogen) atoms. The number of rotatable bonds is 8. The maximum absolute atomic E-state index is 12.1. The van der Waals surface area contributed by atoms with E-state index in [1.54, 1.807) is 0 Å². The van der Waals surface area contributed by atoms with E-state index >= 15 is 0 Å². The fourth-order valence-electron chi connectivity index (χ4n) is 3.51. The van der Waals surface area contributed by atoms with E-state index in [1.165, 1.54) is 25.7 Å². The molecule has 1 heterocycles. The SMILES string of the molecule is CCNc1nc(C)cc(Nc2ccc(NC(=O)CCC3CCCC3)cc2)n1. The number of hydrogen-bond acceptors (Lipinski definition) is 5. The average molecular weight is 367 g/mol. The molecule has 0 spiro atoms. The third kappa shape index (κ3) is 5.94. The number of benzene rings is 1. The minimum atomic E-state index is 0.101. The number of aryl methyl sites for hydroxylation is 1. The lowest BCUT2D eigenvalue weighted by Crippen LogP contribution is -2.12. The van der Waals surface area contributed by atoms with Crippen molar-refractivity contribution in [2.45, 2.75) is 52.4 Å². The predicted molar refractivity (Wildman–Crippen MR) is 110 cm³/mol. The number of hydrogen-bond donors (Lipinski definition) is 3. The largest absolute Gasteiger partial charge is 0.354 e. The van der Waals surface area contributed by atoms with Crippen molar-refractivity contribution in [3.8, 4) is 0 Å². The van der Waals surface area contributed by atoms with Gasteiger partial charge in [0.1, 0.15) is 5.82 Å². The van der Waals surface area contributed by atoms with Gasteiger partial charge in [0, 0.05) is 36.1 Å². The van der Waals surface area contributed by atoms with Gasteiger partial charge in [-0.25, -0.2) is 4.98 Å². The number of nitrogens with zero attached hydrogens (tertiary/aromatic N) is 2. The summed E-state index contributed by atoms with van der Waals surface area (Å²) in [6, 6.07) is 9.61. The Hall–Kier alpha value is -2.63. The van der Waals surface area contributed by atoms with Crippen LogP contribution in [0.25, 0.3) is 0 Å². The lowest BCUT2D eigenvalue weighted by atomic mass is 10.0. The number of anilines is 4. The molecule has 1 aliphatic rings. The fourth-order valence-corrected chi connectivity index (χ4v) is 3.51. The minimum Gasteiger partial charge on any atom is -0.354 e. The van der Waals surface area contributed by atoms with Crippen molar-refractivity contribution in [3.05, 3.63) is 36.0 Å². The summed E-state index contributed by atoms with van der Waals surface area (Å²) in [4.78, 5) is 20.9. The first kappa shape index (κ1) is 19.1. The van der Waals surface area contributed by atoms with Crippen LogP contribution in [0.2, 0.25) is 0 Å².